The molecule has 0 bridgehead atoms. The molecule has 1 rings (SSSR count). The average Bonchev–Trinajstić information content (AvgIpc) is 2.46. The summed E-state index contributed by atoms with van der Waals surface area (Å²) in [5, 5.41) is 3.02. The Hall–Kier alpha value is -1.55. The lowest BCUT2D eigenvalue weighted by Gasteiger charge is -2.21. The van der Waals surface area contributed by atoms with Crippen molar-refractivity contribution in [3.63, 3.8) is 0 Å². The highest BCUT2D eigenvalue weighted by molar-refractivity contribution is 5.74. The fourth-order valence-corrected chi connectivity index (χ4v) is 1.97. The van der Waals surface area contributed by atoms with E-state index < -0.39 is 0 Å². The second kappa shape index (κ2) is 9.37. The standard InChI is InChI=1S/C16H26N2O2/c1-14(10-11-15-8-5-4-6-9-15)17-16(19)18(2)12-7-13-20-3/h4-6,8-9,14H,7,10-13H2,1-3H3,(H,17,19). The van der Waals surface area contributed by atoms with Gasteiger partial charge in [0.25, 0.3) is 0 Å². The zero-order valence-electron chi connectivity index (χ0n) is 12.8. The van der Waals surface area contributed by atoms with Crippen LogP contribution in [-0.2, 0) is 11.2 Å². The van der Waals surface area contributed by atoms with Crippen LogP contribution in [0.4, 0.5) is 4.79 Å². The molecule has 1 aromatic carbocycles. The molecule has 0 aliphatic carbocycles. The number of nitrogens with one attached hydrogen (secondary N) is 1. The number of aryl methyl sites for hydroxylation is 1. The highest BCUT2D eigenvalue weighted by Gasteiger charge is 2.11. The molecule has 0 radical (unpaired) electrons. The van der Waals surface area contributed by atoms with E-state index in [-0.39, 0.29) is 12.1 Å². The van der Waals surface area contributed by atoms with Crippen molar-refractivity contribution in [1.82, 2.24) is 10.2 Å². The molecule has 0 saturated carbocycles. The molecule has 0 aliphatic rings. The number of hydrogen-bond acceptors (Lipinski definition) is 2. The summed E-state index contributed by atoms with van der Waals surface area (Å²) in [4.78, 5) is 13.6. The topological polar surface area (TPSA) is 41.6 Å². The van der Waals surface area contributed by atoms with Crippen LogP contribution in [0, 0.1) is 0 Å². The lowest BCUT2D eigenvalue weighted by atomic mass is 10.1. The van der Waals surface area contributed by atoms with Crippen molar-refractivity contribution in [1.29, 1.82) is 0 Å². The number of ether oxygens (including phenoxy) is 1. The molecule has 0 spiro atoms. The Morgan fingerprint density at radius 3 is 2.70 bits per heavy atom. The minimum Gasteiger partial charge on any atom is -0.385 e. The molecule has 2 amide bonds. The van der Waals surface area contributed by atoms with Gasteiger partial charge >= 0.3 is 6.03 Å². The fourth-order valence-electron chi connectivity index (χ4n) is 1.97. The molecule has 1 aromatic rings. The third-order valence-electron chi connectivity index (χ3n) is 3.27. The van der Waals surface area contributed by atoms with Crippen LogP contribution in [0.1, 0.15) is 25.3 Å². The van der Waals surface area contributed by atoms with Crippen molar-refractivity contribution >= 4 is 6.03 Å². The van der Waals surface area contributed by atoms with Gasteiger partial charge in [-0.1, -0.05) is 30.3 Å². The van der Waals surface area contributed by atoms with Gasteiger partial charge in [-0.3, -0.25) is 0 Å². The molecule has 0 heterocycles. The summed E-state index contributed by atoms with van der Waals surface area (Å²) in [5.74, 6) is 0. The Labute approximate surface area is 122 Å². The summed E-state index contributed by atoms with van der Waals surface area (Å²) in [6.45, 7) is 3.44. The molecular formula is C16H26N2O2. The van der Waals surface area contributed by atoms with Crippen LogP contribution >= 0.6 is 0 Å². The first-order valence-electron chi connectivity index (χ1n) is 7.18. The molecule has 4 nitrogen and oxygen atoms in total. The summed E-state index contributed by atoms with van der Waals surface area (Å²) in [7, 11) is 3.49. The van der Waals surface area contributed by atoms with Gasteiger partial charge in [0.15, 0.2) is 0 Å². The number of carbonyl (C=O) groups is 1. The number of hydrogen-bond donors (Lipinski definition) is 1. The van der Waals surface area contributed by atoms with Gasteiger partial charge in [0.2, 0.25) is 0 Å². The number of rotatable bonds is 8. The van der Waals surface area contributed by atoms with Crippen LogP contribution < -0.4 is 5.32 Å². The van der Waals surface area contributed by atoms with Gasteiger partial charge in [0, 0.05) is 33.4 Å². The quantitative estimate of drug-likeness (QED) is 0.743. The maximum atomic E-state index is 11.9. The summed E-state index contributed by atoms with van der Waals surface area (Å²) >= 11 is 0. The Morgan fingerprint density at radius 1 is 1.35 bits per heavy atom. The Morgan fingerprint density at radius 2 is 2.05 bits per heavy atom. The molecule has 0 aliphatic heterocycles. The lowest BCUT2D eigenvalue weighted by Crippen LogP contribution is -2.42. The normalized spacial score (nSPS) is 11.9. The van der Waals surface area contributed by atoms with Crippen molar-refractivity contribution in [2.24, 2.45) is 0 Å². The second-order valence-corrected chi connectivity index (χ2v) is 5.14. The number of benzene rings is 1. The van der Waals surface area contributed by atoms with Crippen LogP contribution in [0.3, 0.4) is 0 Å². The van der Waals surface area contributed by atoms with E-state index in [1.54, 1.807) is 12.0 Å². The predicted octanol–water partition coefficient (Wildman–Crippen LogP) is 2.69. The maximum absolute atomic E-state index is 11.9. The van der Waals surface area contributed by atoms with Crippen molar-refractivity contribution < 1.29 is 9.53 Å². The number of methoxy groups -OCH3 is 1. The smallest absolute Gasteiger partial charge is 0.317 e. The van der Waals surface area contributed by atoms with Crippen molar-refractivity contribution in [3.05, 3.63) is 35.9 Å². The predicted molar refractivity (Wildman–Crippen MR) is 81.9 cm³/mol. The monoisotopic (exact) mass is 278 g/mol. The zero-order valence-corrected chi connectivity index (χ0v) is 12.8. The van der Waals surface area contributed by atoms with Gasteiger partial charge in [0.1, 0.15) is 0 Å². The summed E-state index contributed by atoms with van der Waals surface area (Å²) in [5.41, 5.74) is 1.31. The summed E-state index contributed by atoms with van der Waals surface area (Å²) in [6.07, 6.45) is 2.79. The minimum absolute atomic E-state index is 0.0123. The van der Waals surface area contributed by atoms with Crippen molar-refractivity contribution in [3.8, 4) is 0 Å². The first-order valence-corrected chi connectivity index (χ1v) is 7.18. The maximum Gasteiger partial charge on any atom is 0.317 e. The minimum atomic E-state index is -0.0123. The van der Waals surface area contributed by atoms with Crippen molar-refractivity contribution in [2.45, 2.75) is 32.2 Å². The molecule has 20 heavy (non-hydrogen) atoms. The number of nitrogens with zero attached hydrogens (tertiary/aromatic N) is 1. The molecule has 1 atom stereocenters. The van der Waals surface area contributed by atoms with Gasteiger partial charge in [-0.15, -0.1) is 0 Å². The highest BCUT2D eigenvalue weighted by atomic mass is 16.5. The Balaban J connectivity index is 2.23. The third-order valence-corrected chi connectivity index (χ3v) is 3.27. The molecule has 0 saturated heterocycles. The van der Waals surface area contributed by atoms with E-state index >= 15 is 0 Å². The van der Waals surface area contributed by atoms with Gasteiger partial charge in [-0.05, 0) is 31.7 Å². The van der Waals surface area contributed by atoms with Gasteiger partial charge in [-0.25, -0.2) is 4.79 Å². The van der Waals surface area contributed by atoms with E-state index in [0.717, 1.165) is 19.3 Å². The summed E-state index contributed by atoms with van der Waals surface area (Å²) in [6, 6.07) is 10.5. The first-order chi connectivity index (χ1) is 9.63. The zero-order chi connectivity index (χ0) is 14.8. The lowest BCUT2D eigenvalue weighted by molar-refractivity contribution is 0.174. The largest absolute Gasteiger partial charge is 0.385 e. The van der Waals surface area contributed by atoms with E-state index in [1.807, 2.05) is 32.2 Å². The van der Waals surface area contributed by atoms with E-state index in [4.69, 9.17) is 4.74 Å². The van der Waals surface area contributed by atoms with Gasteiger partial charge < -0.3 is 15.0 Å². The van der Waals surface area contributed by atoms with Gasteiger partial charge in [0.05, 0.1) is 0 Å². The number of carbonyl (C=O) groups excluding carboxylic acids is 1. The van der Waals surface area contributed by atoms with E-state index in [9.17, 15) is 4.79 Å². The number of urea groups is 1. The molecular weight excluding hydrogens is 252 g/mol. The molecule has 0 aromatic heterocycles. The van der Waals surface area contributed by atoms with E-state index in [2.05, 4.69) is 17.4 Å². The molecule has 1 unspecified atom stereocenters. The first kappa shape index (κ1) is 16.5. The van der Waals surface area contributed by atoms with Crippen LogP contribution in [0.25, 0.3) is 0 Å². The van der Waals surface area contributed by atoms with E-state index in [1.165, 1.54) is 5.56 Å². The Kier molecular flexibility index (Phi) is 7.73. The molecule has 1 N–H and O–H groups in total. The van der Waals surface area contributed by atoms with Crippen molar-refractivity contribution in [2.75, 3.05) is 27.3 Å². The van der Waals surface area contributed by atoms with Crippen LogP contribution in [-0.4, -0.2) is 44.3 Å². The molecule has 0 fully saturated rings. The van der Waals surface area contributed by atoms with Crippen LogP contribution in [0.2, 0.25) is 0 Å². The Bertz CT molecular complexity index is 381. The van der Waals surface area contributed by atoms with E-state index in [0.29, 0.717) is 13.2 Å². The SMILES string of the molecule is COCCCN(C)C(=O)NC(C)CCc1ccccc1. The number of amides is 2. The average molecular weight is 278 g/mol. The third kappa shape index (κ3) is 6.57. The van der Waals surface area contributed by atoms with Gasteiger partial charge in [-0.2, -0.15) is 0 Å². The molecule has 112 valence electrons. The summed E-state index contributed by atoms with van der Waals surface area (Å²) < 4.78 is 4.98. The molecule has 4 heteroatoms. The fraction of sp³-hybridized carbons (Fsp3) is 0.562. The van der Waals surface area contributed by atoms with Crippen LogP contribution in [0.5, 0.6) is 0 Å². The second-order valence-electron chi connectivity index (χ2n) is 5.14. The highest BCUT2D eigenvalue weighted by Crippen LogP contribution is 2.05. The van der Waals surface area contributed by atoms with Crippen LogP contribution in [0.15, 0.2) is 30.3 Å².